The molecule has 1 aliphatic rings. The molecule has 2 atom stereocenters. The molecule has 4 nitrogen and oxygen atoms in total. The van der Waals surface area contributed by atoms with Crippen molar-refractivity contribution in [1.82, 2.24) is 9.78 Å². The van der Waals surface area contributed by atoms with Gasteiger partial charge in [-0.05, 0) is 29.2 Å². The maximum absolute atomic E-state index is 13.9. The minimum atomic E-state index is -4.49. The number of carbonyl (C=O) groups excluding carboxylic acids is 1. The molecule has 0 saturated heterocycles. The highest BCUT2D eigenvalue weighted by molar-refractivity contribution is 6.33. The van der Waals surface area contributed by atoms with Crippen LogP contribution in [0.2, 0.25) is 5.02 Å². The molecule has 36 heavy (non-hydrogen) atoms. The van der Waals surface area contributed by atoms with Crippen LogP contribution in [0.15, 0.2) is 85.1 Å². The van der Waals surface area contributed by atoms with Gasteiger partial charge in [0.05, 0.1) is 17.8 Å². The minimum absolute atomic E-state index is 0.122. The van der Waals surface area contributed by atoms with Crippen LogP contribution < -0.4 is 5.32 Å². The number of rotatable bonds is 6. The van der Waals surface area contributed by atoms with Crippen LogP contribution in [0, 0.1) is 0 Å². The number of fused-ring (bicyclic) bond motifs is 1. The number of ketones is 1. The molecule has 0 radical (unpaired) electrons. The molecule has 0 bridgehead atoms. The van der Waals surface area contributed by atoms with E-state index in [0.717, 1.165) is 26.9 Å². The number of anilines is 1. The minimum Gasteiger partial charge on any atom is -0.363 e. The fourth-order valence-corrected chi connectivity index (χ4v) is 4.85. The van der Waals surface area contributed by atoms with Crippen molar-refractivity contribution in [2.45, 2.75) is 37.5 Å². The van der Waals surface area contributed by atoms with E-state index in [1.807, 2.05) is 54.6 Å². The Labute approximate surface area is 211 Å². The Morgan fingerprint density at radius 2 is 1.69 bits per heavy atom. The lowest BCUT2D eigenvalue weighted by Gasteiger charge is -2.34. The van der Waals surface area contributed by atoms with Crippen LogP contribution in [-0.2, 0) is 6.42 Å². The van der Waals surface area contributed by atoms with Crippen LogP contribution in [0.1, 0.15) is 46.4 Å². The SMILES string of the molecule is O=C(CCc1ccc(-c2ccccc2Cl)cc1)c1cnn2c1NC(c1ccccc1)CC2C(F)(F)F. The number of aromatic nitrogens is 2. The van der Waals surface area contributed by atoms with E-state index in [-0.39, 0.29) is 30.0 Å². The fourth-order valence-electron chi connectivity index (χ4n) is 4.61. The molecule has 0 spiro atoms. The van der Waals surface area contributed by atoms with Gasteiger partial charge in [-0.1, -0.05) is 84.4 Å². The van der Waals surface area contributed by atoms with Crippen LogP contribution in [0.25, 0.3) is 11.1 Å². The van der Waals surface area contributed by atoms with E-state index < -0.39 is 18.3 Å². The van der Waals surface area contributed by atoms with E-state index in [9.17, 15) is 18.0 Å². The standard InChI is InChI=1S/C28H23ClF3N3O/c29-23-9-5-4-8-21(23)19-13-10-18(11-14-19)12-15-25(36)22-17-33-35-26(28(30,31)32)16-24(34-27(22)35)20-6-2-1-3-7-20/h1-11,13-14,17,24,26,34H,12,15-16H2. The predicted octanol–water partition coefficient (Wildman–Crippen LogP) is 7.68. The van der Waals surface area contributed by atoms with Gasteiger partial charge in [0.1, 0.15) is 5.82 Å². The Morgan fingerprint density at radius 1 is 1.00 bits per heavy atom. The van der Waals surface area contributed by atoms with Gasteiger partial charge in [-0.3, -0.25) is 4.79 Å². The zero-order valence-electron chi connectivity index (χ0n) is 19.2. The molecule has 3 aromatic carbocycles. The van der Waals surface area contributed by atoms with Crippen LogP contribution in [0.5, 0.6) is 0 Å². The lowest BCUT2D eigenvalue weighted by atomic mass is 9.96. The summed E-state index contributed by atoms with van der Waals surface area (Å²) in [5, 5.41) is 7.76. The van der Waals surface area contributed by atoms with Gasteiger partial charge >= 0.3 is 6.18 Å². The highest BCUT2D eigenvalue weighted by Gasteiger charge is 2.47. The molecule has 2 unspecified atom stereocenters. The Kier molecular flexibility index (Phi) is 6.58. The van der Waals surface area contributed by atoms with Gasteiger partial charge in [-0.2, -0.15) is 18.3 Å². The molecule has 1 aromatic heterocycles. The van der Waals surface area contributed by atoms with Crippen LogP contribution in [0.4, 0.5) is 19.0 Å². The Balaban J connectivity index is 1.34. The number of hydrogen-bond acceptors (Lipinski definition) is 3. The molecule has 1 N–H and O–H groups in total. The highest BCUT2D eigenvalue weighted by Crippen LogP contribution is 2.44. The largest absolute Gasteiger partial charge is 0.410 e. The van der Waals surface area contributed by atoms with Gasteiger partial charge in [-0.25, -0.2) is 4.68 Å². The van der Waals surface area contributed by atoms with Crippen molar-refractivity contribution >= 4 is 23.2 Å². The molecule has 2 heterocycles. The predicted molar refractivity (Wildman–Crippen MR) is 134 cm³/mol. The maximum Gasteiger partial charge on any atom is 0.410 e. The first-order chi connectivity index (χ1) is 17.3. The molecular formula is C28H23ClF3N3O. The molecule has 184 valence electrons. The zero-order valence-corrected chi connectivity index (χ0v) is 19.9. The molecule has 1 aliphatic heterocycles. The van der Waals surface area contributed by atoms with Gasteiger partial charge in [0.2, 0.25) is 0 Å². The number of Topliss-reactive ketones (excluding diaryl/α,β-unsaturated/α-hetero) is 1. The molecule has 0 amide bonds. The number of nitrogens with one attached hydrogen (secondary N) is 1. The normalized spacial score (nSPS) is 17.3. The number of carbonyl (C=O) groups is 1. The molecule has 8 heteroatoms. The van der Waals surface area contributed by atoms with E-state index >= 15 is 0 Å². The van der Waals surface area contributed by atoms with Gasteiger partial charge in [0, 0.05) is 23.4 Å². The van der Waals surface area contributed by atoms with Gasteiger partial charge < -0.3 is 5.32 Å². The highest BCUT2D eigenvalue weighted by atomic mass is 35.5. The second-order valence-electron chi connectivity index (χ2n) is 8.85. The number of benzene rings is 3. The van der Waals surface area contributed by atoms with Crippen molar-refractivity contribution in [2.24, 2.45) is 0 Å². The topological polar surface area (TPSA) is 46.9 Å². The first-order valence-electron chi connectivity index (χ1n) is 11.6. The molecule has 0 fully saturated rings. The van der Waals surface area contributed by atoms with E-state index in [0.29, 0.717) is 11.4 Å². The number of alkyl halides is 3. The van der Waals surface area contributed by atoms with Crippen molar-refractivity contribution < 1.29 is 18.0 Å². The molecule has 5 rings (SSSR count). The number of nitrogens with zero attached hydrogens (tertiary/aromatic N) is 2. The smallest absolute Gasteiger partial charge is 0.363 e. The first kappa shape index (κ1) is 24.1. The second kappa shape index (κ2) is 9.82. The van der Waals surface area contributed by atoms with Crippen molar-refractivity contribution in [3.63, 3.8) is 0 Å². The van der Waals surface area contributed by atoms with Crippen molar-refractivity contribution in [3.05, 3.63) is 107 Å². The molecule has 0 saturated carbocycles. The van der Waals surface area contributed by atoms with Crippen molar-refractivity contribution in [3.8, 4) is 11.1 Å². The maximum atomic E-state index is 13.9. The number of hydrogen-bond donors (Lipinski definition) is 1. The third-order valence-corrected chi connectivity index (χ3v) is 6.85. The summed E-state index contributed by atoms with van der Waals surface area (Å²) in [7, 11) is 0. The summed E-state index contributed by atoms with van der Waals surface area (Å²) in [5.74, 6) is -0.134. The van der Waals surface area contributed by atoms with E-state index in [1.54, 1.807) is 24.3 Å². The molecule has 4 aromatic rings. The summed E-state index contributed by atoms with van der Waals surface area (Å²) in [6, 6.07) is 21.9. The summed E-state index contributed by atoms with van der Waals surface area (Å²) in [5.41, 5.74) is 3.75. The summed E-state index contributed by atoms with van der Waals surface area (Å²) >= 11 is 6.28. The Bertz CT molecular complexity index is 1370. The van der Waals surface area contributed by atoms with Crippen molar-refractivity contribution in [1.29, 1.82) is 0 Å². The lowest BCUT2D eigenvalue weighted by Crippen LogP contribution is -2.36. The molecular weight excluding hydrogens is 487 g/mol. The third-order valence-electron chi connectivity index (χ3n) is 6.52. The number of aryl methyl sites for hydroxylation is 1. The summed E-state index contributed by atoms with van der Waals surface area (Å²) in [6.45, 7) is 0. The Morgan fingerprint density at radius 3 is 2.39 bits per heavy atom. The van der Waals surface area contributed by atoms with E-state index in [4.69, 9.17) is 11.6 Å². The van der Waals surface area contributed by atoms with Crippen LogP contribution >= 0.6 is 11.6 Å². The average molecular weight is 510 g/mol. The Hall–Kier alpha value is -3.58. The first-order valence-corrected chi connectivity index (χ1v) is 12.0. The lowest BCUT2D eigenvalue weighted by molar-refractivity contribution is -0.173. The van der Waals surface area contributed by atoms with Gasteiger partial charge in [0.25, 0.3) is 0 Å². The molecule has 0 aliphatic carbocycles. The second-order valence-corrected chi connectivity index (χ2v) is 9.26. The van der Waals surface area contributed by atoms with E-state index in [1.165, 1.54) is 6.20 Å². The number of halogens is 4. The average Bonchev–Trinajstić information content (AvgIpc) is 3.31. The summed E-state index contributed by atoms with van der Waals surface area (Å²) in [6.07, 6.45) is -2.83. The zero-order chi connectivity index (χ0) is 25.3. The van der Waals surface area contributed by atoms with E-state index in [2.05, 4.69) is 10.4 Å². The quantitative estimate of drug-likeness (QED) is 0.271. The monoisotopic (exact) mass is 509 g/mol. The summed E-state index contributed by atoms with van der Waals surface area (Å²) in [4.78, 5) is 13.1. The fraction of sp³-hybridized carbons (Fsp3) is 0.214. The van der Waals surface area contributed by atoms with Crippen LogP contribution in [0.3, 0.4) is 0 Å². The van der Waals surface area contributed by atoms with Crippen molar-refractivity contribution in [2.75, 3.05) is 5.32 Å². The van der Waals surface area contributed by atoms with Gasteiger partial charge in [-0.15, -0.1) is 0 Å². The van der Waals surface area contributed by atoms with Gasteiger partial charge in [0.15, 0.2) is 11.8 Å². The third kappa shape index (κ3) is 4.88. The van der Waals surface area contributed by atoms with Crippen LogP contribution in [-0.4, -0.2) is 21.7 Å². The summed E-state index contributed by atoms with van der Waals surface area (Å²) < 4.78 is 42.6.